The van der Waals surface area contributed by atoms with Gasteiger partial charge in [-0.1, -0.05) is 19.1 Å². The van der Waals surface area contributed by atoms with E-state index in [0.29, 0.717) is 34.8 Å². The van der Waals surface area contributed by atoms with Crippen LogP contribution < -0.4 is 4.74 Å². The minimum atomic E-state index is -4.84. The first-order valence-corrected chi connectivity index (χ1v) is 12.4. The highest BCUT2D eigenvalue weighted by Gasteiger charge is 2.55. The lowest BCUT2D eigenvalue weighted by Crippen LogP contribution is -2.49. The van der Waals surface area contributed by atoms with E-state index in [1.807, 2.05) is 42.9 Å². The summed E-state index contributed by atoms with van der Waals surface area (Å²) in [7, 11) is 1.83. The standard InChI is InChI=1S/C27H27F3N4O4/c1-25-9-10-26(2,38-27(28,29)30)18-6-5-17(24(35)36)21(22(18)25)23-31-19-7-4-16(12-20(19)34(23)14-25)37-13-15-8-11-33(3)32-15/h4,7-12,17,21H,5-6,13-14H2,1-3H3,(H,35,36)/t17-,21-,25?,26?/m1/s1. The zero-order valence-electron chi connectivity index (χ0n) is 21.1. The average Bonchev–Trinajstić information content (AvgIpc) is 3.42. The third-order valence-corrected chi connectivity index (χ3v) is 8.04. The molecule has 0 fully saturated rings. The molecule has 0 radical (unpaired) electrons. The van der Waals surface area contributed by atoms with Gasteiger partial charge in [0.05, 0.1) is 28.6 Å². The van der Waals surface area contributed by atoms with Crippen molar-refractivity contribution in [3.05, 3.63) is 65.3 Å². The fourth-order valence-corrected chi connectivity index (χ4v) is 6.43. The minimum absolute atomic E-state index is 0.196. The molecule has 38 heavy (non-hydrogen) atoms. The maximum Gasteiger partial charge on any atom is 0.523 e. The van der Waals surface area contributed by atoms with Gasteiger partial charge in [0.1, 0.15) is 23.8 Å². The predicted octanol–water partition coefficient (Wildman–Crippen LogP) is 5.11. The van der Waals surface area contributed by atoms with Gasteiger partial charge in [0.2, 0.25) is 0 Å². The van der Waals surface area contributed by atoms with Crippen LogP contribution in [0.3, 0.4) is 0 Å². The van der Waals surface area contributed by atoms with Gasteiger partial charge in [-0.2, -0.15) is 5.10 Å². The molecule has 1 aromatic carbocycles. The van der Waals surface area contributed by atoms with Crippen LogP contribution in [0.25, 0.3) is 11.0 Å². The van der Waals surface area contributed by atoms with Crippen molar-refractivity contribution in [2.24, 2.45) is 18.4 Å². The second-order valence-electron chi connectivity index (χ2n) is 10.7. The number of alkyl halides is 3. The first-order valence-electron chi connectivity index (χ1n) is 12.4. The molecule has 3 aromatic rings. The smallest absolute Gasteiger partial charge is 0.487 e. The maximum atomic E-state index is 13.4. The number of halogens is 3. The molecule has 2 aliphatic carbocycles. The number of aryl methyl sites for hydroxylation is 1. The molecule has 4 atom stereocenters. The number of carboxylic acids is 1. The van der Waals surface area contributed by atoms with Crippen LogP contribution in [-0.4, -0.2) is 42.4 Å². The molecule has 2 unspecified atom stereocenters. The van der Waals surface area contributed by atoms with E-state index in [4.69, 9.17) is 9.72 Å². The van der Waals surface area contributed by atoms with Crippen LogP contribution in [0.5, 0.6) is 5.75 Å². The summed E-state index contributed by atoms with van der Waals surface area (Å²) in [6.07, 6.45) is 0.615. The lowest BCUT2D eigenvalue weighted by molar-refractivity contribution is -0.350. The van der Waals surface area contributed by atoms with Crippen molar-refractivity contribution in [2.45, 2.75) is 57.7 Å². The first kappa shape index (κ1) is 24.7. The average molecular weight is 529 g/mol. The van der Waals surface area contributed by atoms with E-state index < -0.39 is 35.2 Å². The van der Waals surface area contributed by atoms with Crippen LogP contribution in [0.2, 0.25) is 0 Å². The summed E-state index contributed by atoms with van der Waals surface area (Å²) in [4.78, 5) is 17.2. The van der Waals surface area contributed by atoms with Crippen LogP contribution in [-0.2, 0) is 29.7 Å². The SMILES string of the molecule is Cn1ccc(COc2ccc3nc4n(c3c2)CC2(C)C=CC(C)(OC(F)(F)F)C3=C2[C@H]4[C@H](C(=O)O)CC3)n1. The van der Waals surface area contributed by atoms with E-state index in [1.54, 1.807) is 16.8 Å². The van der Waals surface area contributed by atoms with Crippen molar-refractivity contribution < 1.29 is 32.5 Å². The number of hydrogen-bond acceptors (Lipinski definition) is 5. The van der Waals surface area contributed by atoms with Gasteiger partial charge in [0.15, 0.2) is 0 Å². The summed E-state index contributed by atoms with van der Waals surface area (Å²) in [5, 5.41) is 14.5. The Bertz CT molecular complexity index is 1520. The molecule has 0 saturated carbocycles. The van der Waals surface area contributed by atoms with Crippen molar-refractivity contribution in [1.29, 1.82) is 0 Å². The zero-order chi connectivity index (χ0) is 27.0. The number of rotatable bonds is 5. The molecule has 0 saturated heterocycles. The molecule has 0 amide bonds. The Morgan fingerprint density at radius 3 is 2.71 bits per heavy atom. The van der Waals surface area contributed by atoms with Gasteiger partial charge in [-0.05, 0) is 49.1 Å². The number of nitrogens with zero attached hydrogens (tertiary/aromatic N) is 4. The Kier molecular flexibility index (Phi) is 5.33. The monoisotopic (exact) mass is 528 g/mol. The number of hydrogen-bond donors (Lipinski definition) is 1. The summed E-state index contributed by atoms with van der Waals surface area (Å²) in [6, 6.07) is 7.36. The summed E-state index contributed by atoms with van der Waals surface area (Å²) in [5.41, 5.74) is 1.01. The molecule has 11 heteroatoms. The number of ether oxygens (including phenoxy) is 2. The Balaban J connectivity index is 1.46. The van der Waals surface area contributed by atoms with Gasteiger partial charge in [0, 0.05) is 31.3 Å². The van der Waals surface area contributed by atoms with Crippen molar-refractivity contribution in [1.82, 2.24) is 19.3 Å². The molecule has 0 bridgehead atoms. The van der Waals surface area contributed by atoms with Crippen molar-refractivity contribution >= 4 is 17.0 Å². The number of allylic oxidation sites excluding steroid dienone is 2. The number of imidazole rings is 1. The van der Waals surface area contributed by atoms with Gasteiger partial charge in [-0.25, -0.2) is 4.98 Å². The van der Waals surface area contributed by atoms with Crippen molar-refractivity contribution in [3.8, 4) is 5.75 Å². The number of benzene rings is 1. The molecule has 2 aromatic heterocycles. The van der Waals surface area contributed by atoms with Gasteiger partial charge >= 0.3 is 12.3 Å². The van der Waals surface area contributed by atoms with Crippen molar-refractivity contribution in [2.75, 3.05) is 0 Å². The van der Waals surface area contributed by atoms with Crippen LogP contribution in [0.4, 0.5) is 13.2 Å². The highest BCUT2D eigenvalue weighted by molar-refractivity contribution is 5.80. The quantitative estimate of drug-likeness (QED) is 0.463. The van der Waals surface area contributed by atoms with E-state index in [9.17, 15) is 23.1 Å². The second-order valence-corrected chi connectivity index (χ2v) is 10.7. The molecule has 3 heterocycles. The molecule has 0 spiro atoms. The number of carboxylic acid groups (broad SMARTS) is 1. The number of fused-ring (bicyclic) bond motifs is 4. The van der Waals surface area contributed by atoms with Gasteiger partial charge in [-0.15, -0.1) is 13.2 Å². The first-order chi connectivity index (χ1) is 17.9. The molecular formula is C27H27F3N4O4. The maximum absolute atomic E-state index is 13.4. The lowest BCUT2D eigenvalue weighted by Gasteiger charge is -2.51. The van der Waals surface area contributed by atoms with E-state index in [-0.39, 0.29) is 19.4 Å². The number of carbonyl (C=O) groups is 1. The third kappa shape index (κ3) is 3.91. The molecule has 3 aliphatic rings. The van der Waals surface area contributed by atoms with Crippen molar-refractivity contribution in [3.63, 3.8) is 0 Å². The van der Waals surface area contributed by atoms with Gasteiger partial charge < -0.3 is 14.4 Å². The summed E-state index contributed by atoms with van der Waals surface area (Å²) < 4.78 is 54.5. The van der Waals surface area contributed by atoms with E-state index in [1.165, 1.54) is 13.0 Å². The highest BCUT2D eigenvalue weighted by Crippen LogP contribution is 2.59. The van der Waals surface area contributed by atoms with Crippen LogP contribution in [0.15, 0.2) is 53.8 Å². The largest absolute Gasteiger partial charge is 0.523 e. The van der Waals surface area contributed by atoms with Crippen LogP contribution >= 0.6 is 0 Å². The molecule has 8 nitrogen and oxygen atoms in total. The molecule has 1 aliphatic heterocycles. The highest BCUT2D eigenvalue weighted by atomic mass is 19.4. The number of aliphatic carboxylic acids is 1. The van der Waals surface area contributed by atoms with Gasteiger partial charge in [-0.3, -0.25) is 14.2 Å². The predicted molar refractivity (Wildman–Crippen MR) is 130 cm³/mol. The minimum Gasteiger partial charge on any atom is -0.487 e. The van der Waals surface area contributed by atoms with E-state index in [2.05, 4.69) is 9.84 Å². The topological polar surface area (TPSA) is 91.4 Å². The van der Waals surface area contributed by atoms with E-state index >= 15 is 0 Å². The third-order valence-electron chi connectivity index (χ3n) is 8.04. The molecule has 6 rings (SSSR count). The lowest BCUT2D eigenvalue weighted by atomic mass is 9.58. The Morgan fingerprint density at radius 1 is 1.24 bits per heavy atom. The molecule has 1 N–H and O–H groups in total. The molecule has 200 valence electrons. The zero-order valence-corrected chi connectivity index (χ0v) is 21.1. The Morgan fingerprint density at radius 2 is 2.03 bits per heavy atom. The molecular weight excluding hydrogens is 501 g/mol. The fraction of sp³-hybridized carbons (Fsp3) is 0.444. The summed E-state index contributed by atoms with van der Waals surface area (Å²) in [5.74, 6) is -1.32. The summed E-state index contributed by atoms with van der Waals surface area (Å²) in [6.45, 7) is 4.04. The Labute approximate surface area is 216 Å². The fourth-order valence-electron chi connectivity index (χ4n) is 6.43. The normalized spacial score (nSPS) is 28.4. The Hall–Kier alpha value is -3.60. The number of aromatic nitrogens is 4. The van der Waals surface area contributed by atoms with Gasteiger partial charge in [0.25, 0.3) is 0 Å². The second kappa shape index (κ2) is 8.20. The van der Waals surface area contributed by atoms with Crippen LogP contribution in [0, 0.1) is 11.3 Å². The van der Waals surface area contributed by atoms with E-state index in [0.717, 1.165) is 11.2 Å². The van der Waals surface area contributed by atoms with Crippen LogP contribution in [0.1, 0.15) is 44.1 Å². The summed E-state index contributed by atoms with van der Waals surface area (Å²) >= 11 is 0.